The third-order valence-electron chi connectivity index (χ3n) is 6.35. The minimum Gasteiger partial charge on any atom is -0.467 e. The van der Waals surface area contributed by atoms with Crippen molar-refractivity contribution >= 4 is 11.9 Å². The van der Waals surface area contributed by atoms with Gasteiger partial charge in [-0.3, -0.25) is 9.78 Å². The lowest BCUT2D eigenvalue weighted by molar-refractivity contribution is -0.150. The molecule has 33 heavy (non-hydrogen) atoms. The number of aryl methyl sites for hydroxylation is 1. The second kappa shape index (κ2) is 10.9. The summed E-state index contributed by atoms with van der Waals surface area (Å²) in [7, 11) is 1.36. The van der Waals surface area contributed by atoms with Crippen molar-refractivity contribution in [2.24, 2.45) is 17.4 Å². The van der Waals surface area contributed by atoms with Gasteiger partial charge in [0.15, 0.2) is 0 Å². The molecule has 3 rings (SSSR count). The molecule has 7 nitrogen and oxygen atoms in total. The van der Waals surface area contributed by atoms with E-state index in [-0.39, 0.29) is 18.3 Å². The second-order valence-electron chi connectivity index (χ2n) is 9.12. The normalized spacial score (nSPS) is 15.8. The predicted octanol–water partition coefficient (Wildman–Crippen LogP) is 2.88. The van der Waals surface area contributed by atoms with E-state index in [9.17, 15) is 9.59 Å². The number of rotatable bonds is 8. The van der Waals surface area contributed by atoms with Crippen molar-refractivity contribution in [1.29, 1.82) is 0 Å². The number of carbonyl (C=O) groups excluding carboxylic acids is 2. The Morgan fingerprint density at radius 1 is 1.15 bits per heavy atom. The monoisotopic (exact) mass is 452 g/mol. The highest BCUT2D eigenvalue weighted by Gasteiger charge is 2.35. The van der Waals surface area contributed by atoms with Gasteiger partial charge >= 0.3 is 5.97 Å². The van der Waals surface area contributed by atoms with Gasteiger partial charge in [-0.15, -0.1) is 0 Å². The van der Waals surface area contributed by atoms with Gasteiger partial charge in [0.1, 0.15) is 6.04 Å². The number of esters is 1. The van der Waals surface area contributed by atoms with Crippen LogP contribution in [0, 0.1) is 12.8 Å². The number of ether oxygens (including phenoxy) is 1. The average Bonchev–Trinajstić information content (AvgIpc) is 3.30. The highest BCUT2D eigenvalue weighted by Crippen LogP contribution is 2.34. The Morgan fingerprint density at radius 3 is 2.42 bits per heavy atom. The van der Waals surface area contributed by atoms with Crippen molar-refractivity contribution in [3.05, 3.63) is 52.3 Å². The fraction of sp³-hybridized carbons (Fsp3) is 0.500. The van der Waals surface area contributed by atoms with Crippen LogP contribution < -0.4 is 11.5 Å². The molecule has 1 amide bonds. The maximum atomic E-state index is 13.4. The zero-order chi connectivity index (χ0) is 24.1. The molecule has 0 bridgehead atoms. The Balaban J connectivity index is 2.09. The van der Waals surface area contributed by atoms with Crippen LogP contribution >= 0.6 is 0 Å². The summed E-state index contributed by atoms with van der Waals surface area (Å²) in [6.07, 6.45) is 2.39. The lowest BCUT2D eigenvalue weighted by atomic mass is 9.88. The maximum absolute atomic E-state index is 13.4. The number of likely N-dealkylation sites (tertiary alicyclic amines) is 1. The number of aromatic nitrogens is 1. The first-order valence-electron chi connectivity index (χ1n) is 11.7. The molecule has 178 valence electrons. The number of hydrogen-bond donors (Lipinski definition) is 2. The van der Waals surface area contributed by atoms with Gasteiger partial charge in [-0.25, -0.2) is 4.79 Å². The van der Waals surface area contributed by atoms with Crippen molar-refractivity contribution < 1.29 is 14.3 Å². The summed E-state index contributed by atoms with van der Waals surface area (Å²) in [5.74, 6) is -0.0250. The Hall–Kier alpha value is -2.77. The molecular weight excluding hydrogens is 416 g/mol. The zero-order valence-electron chi connectivity index (χ0n) is 20.2. The number of amides is 1. The summed E-state index contributed by atoms with van der Waals surface area (Å²) in [4.78, 5) is 32.1. The Labute approximate surface area is 196 Å². The van der Waals surface area contributed by atoms with Crippen LogP contribution in [-0.2, 0) is 40.3 Å². The van der Waals surface area contributed by atoms with E-state index in [4.69, 9.17) is 21.2 Å². The van der Waals surface area contributed by atoms with Crippen LogP contribution in [0.4, 0.5) is 0 Å². The number of pyridine rings is 1. The Bertz CT molecular complexity index is 1000. The Morgan fingerprint density at radius 2 is 1.85 bits per heavy atom. The van der Waals surface area contributed by atoms with Crippen LogP contribution in [0.1, 0.15) is 54.8 Å². The summed E-state index contributed by atoms with van der Waals surface area (Å²) in [6, 6.07) is 7.57. The molecule has 7 heteroatoms. The zero-order valence-corrected chi connectivity index (χ0v) is 20.2. The number of benzene rings is 1. The van der Waals surface area contributed by atoms with Crippen LogP contribution in [0.25, 0.3) is 11.1 Å². The van der Waals surface area contributed by atoms with E-state index in [2.05, 4.69) is 13.8 Å². The number of nitrogens with zero attached hydrogens (tertiary/aromatic N) is 2. The van der Waals surface area contributed by atoms with E-state index >= 15 is 0 Å². The smallest absolute Gasteiger partial charge is 0.328 e. The lowest BCUT2D eigenvalue weighted by Gasteiger charge is -2.25. The van der Waals surface area contributed by atoms with E-state index in [1.54, 1.807) is 4.90 Å². The van der Waals surface area contributed by atoms with Gasteiger partial charge in [0.05, 0.1) is 13.5 Å². The number of methoxy groups -OCH3 is 1. The summed E-state index contributed by atoms with van der Waals surface area (Å²) in [5.41, 5.74) is 18.7. The first-order valence-corrected chi connectivity index (χ1v) is 11.7. The van der Waals surface area contributed by atoms with Gasteiger partial charge < -0.3 is 21.1 Å². The van der Waals surface area contributed by atoms with Crippen molar-refractivity contribution in [3.63, 3.8) is 0 Å². The molecule has 2 aromatic rings. The van der Waals surface area contributed by atoms with E-state index in [0.29, 0.717) is 32.0 Å². The third kappa shape index (κ3) is 5.42. The Kier molecular flexibility index (Phi) is 8.21. The molecule has 0 unspecified atom stereocenters. The first kappa shape index (κ1) is 24.9. The first-order chi connectivity index (χ1) is 15.8. The SMILES string of the molecule is COC(=O)[C@@H]1CCCN1C(=O)Cc1c(C)nc(CC(C)C)c(CN)c1-c1ccc(CN)cc1. The highest BCUT2D eigenvalue weighted by molar-refractivity contribution is 5.88. The van der Waals surface area contributed by atoms with Crippen molar-refractivity contribution in [2.45, 2.75) is 65.6 Å². The van der Waals surface area contributed by atoms with Crippen LogP contribution in [0.5, 0.6) is 0 Å². The number of nitrogens with two attached hydrogens (primary N) is 2. The van der Waals surface area contributed by atoms with Crippen LogP contribution in [0.3, 0.4) is 0 Å². The number of hydrogen-bond acceptors (Lipinski definition) is 6. The van der Waals surface area contributed by atoms with Gasteiger partial charge in [-0.1, -0.05) is 38.1 Å². The molecule has 0 aliphatic carbocycles. The summed E-state index contributed by atoms with van der Waals surface area (Å²) in [5, 5.41) is 0. The van der Waals surface area contributed by atoms with Crippen LogP contribution in [0.15, 0.2) is 24.3 Å². The van der Waals surface area contributed by atoms with Gasteiger partial charge in [0, 0.05) is 31.0 Å². The van der Waals surface area contributed by atoms with Gasteiger partial charge in [0.25, 0.3) is 0 Å². The standard InChI is InChI=1S/C26H36N4O3/c1-16(2)12-22-21(15-28)25(19-9-7-18(14-27)8-10-19)20(17(3)29-22)13-24(31)30-11-5-6-23(30)26(32)33-4/h7-10,16,23H,5-6,11-15,27-28H2,1-4H3/t23-/m0/s1. The van der Waals surface area contributed by atoms with E-state index < -0.39 is 6.04 Å². The van der Waals surface area contributed by atoms with E-state index in [1.165, 1.54) is 7.11 Å². The molecule has 2 heterocycles. The summed E-state index contributed by atoms with van der Waals surface area (Å²) >= 11 is 0. The molecule has 0 spiro atoms. The minimum atomic E-state index is -0.516. The van der Waals surface area contributed by atoms with Crippen molar-refractivity contribution in [1.82, 2.24) is 9.88 Å². The fourth-order valence-corrected chi connectivity index (χ4v) is 4.69. The summed E-state index contributed by atoms with van der Waals surface area (Å²) in [6.45, 7) is 7.62. The van der Waals surface area contributed by atoms with Gasteiger partial charge in [0.2, 0.25) is 5.91 Å². The maximum Gasteiger partial charge on any atom is 0.328 e. The molecule has 1 aliphatic heterocycles. The predicted molar refractivity (Wildman–Crippen MR) is 129 cm³/mol. The van der Waals surface area contributed by atoms with Gasteiger partial charge in [-0.2, -0.15) is 0 Å². The molecule has 0 radical (unpaired) electrons. The molecule has 1 fully saturated rings. The highest BCUT2D eigenvalue weighted by atomic mass is 16.5. The molecule has 1 aliphatic rings. The fourth-order valence-electron chi connectivity index (χ4n) is 4.69. The van der Waals surface area contributed by atoms with Crippen molar-refractivity contribution in [3.8, 4) is 11.1 Å². The largest absolute Gasteiger partial charge is 0.467 e. The topological polar surface area (TPSA) is 112 Å². The summed E-state index contributed by atoms with van der Waals surface area (Å²) < 4.78 is 4.92. The van der Waals surface area contributed by atoms with Gasteiger partial charge in [-0.05, 0) is 59.9 Å². The molecule has 1 aromatic heterocycles. The molecular formula is C26H36N4O3. The molecule has 0 saturated carbocycles. The van der Waals surface area contributed by atoms with Crippen molar-refractivity contribution in [2.75, 3.05) is 13.7 Å². The second-order valence-corrected chi connectivity index (χ2v) is 9.12. The van der Waals surface area contributed by atoms with Crippen LogP contribution in [-0.4, -0.2) is 41.5 Å². The van der Waals surface area contributed by atoms with Crippen LogP contribution in [0.2, 0.25) is 0 Å². The molecule has 1 aromatic carbocycles. The van der Waals surface area contributed by atoms with E-state index in [0.717, 1.165) is 52.0 Å². The van der Waals surface area contributed by atoms with E-state index in [1.807, 2.05) is 31.2 Å². The average molecular weight is 453 g/mol. The third-order valence-corrected chi connectivity index (χ3v) is 6.35. The minimum absolute atomic E-state index is 0.0905. The lowest BCUT2D eigenvalue weighted by Crippen LogP contribution is -2.42. The molecule has 4 N–H and O–H groups in total. The quantitative estimate of drug-likeness (QED) is 0.596. The molecule has 1 saturated heterocycles. The number of carbonyl (C=O) groups is 2. The molecule has 1 atom stereocenters.